The Hall–Kier alpha value is -6.60. The van der Waals surface area contributed by atoms with Crippen molar-refractivity contribution in [1.82, 2.24) is 25.0 Å². The van der Waals surface area contributed by atoms with Gasteiger partial charge in [0.15, 0.2) is 5.76 Å². The molecule has 4 aromatic carbocycles. The first-order valence-electron chi connectivity index (χ1n) is 20.4. The van der Waals surface area contributed by atoms with Gasteiger partial charge in [-0.25, -0.2) is 9.78 Å². The minimum Gasteiger partial charge on any atom is -0.453 e. The molecule has 13 heteroatoms. The van der Waals surface area contributed by atoms with Crippen LogP contribution >= 0.6 is 0 Å². The number of carbonyl (C=O) groups is 4. The Bertz CT molecular complexity index is 2430. The summed E-state index contributed by atoms with van der Waals surface area (Å²) in [6, 6.07) is 28.4. The number of aromatic nitrogens is 1. The van der Waals surface area contributed by atoms with Crippen LogP contribution in [0.3, 0.4) is 0 Å². The number of benzene rings is 4. The fourth-order valence-electron chi connectivity index (χ4n) is 8.61. The van der Waals surface area contributed by atoms with Gasteiger partial charge in [-0.1, -0.05) is 78.9 Å². The molecule has 0 saturated carbocycles. The highest BCUT2D eigenvalue weighted by molar-refractivity contribution is 6.01. The van der Waals surface area contributed by atoms with Gasteiger partial charge in [0, 0.05) is 42.0 Å². The number of hydrogen-bond acceptors (Lipinski definition) is 9. The highest BCUT2D eigenvalue weighted by Gasteiger charge is 2.40. The van der Waals surface area contributed by atoms with Crippen molar-refractivity contribution in [2.75, 3.05) is 39.6 Å². The molecular formula is C47H49N7O6. The van der Waals surface area contributed by atoms with Crippen LogP contribution in [-0.4, -0.2) is 95.6 Å². The first-order chi connectivity index (χ1) is 29.1. The first kappa shape index (κ1) is 40.2. The number of nitrogens with zero attached hydrogens (tertiary/aromatic N) is 5. The first-order valence-corrected chi connectivity index (χ1v) is 20.4. The number of anilines is 1. The second-order valence-electron chi connectivity index (χ2n) is 15.8. The van der Waals surface area contributed by atoms with E-state index in [1.165, 1.54) is 12.0 Å². The van der Waals surface area contributed by atoms with Crippen LogP contribution in [0.4, 0.5) is 16.2 Å². The third-order valence-electron chi connectivity index (χ3n) is 11.7. The number of alkyl carbamates (subject to hydrolysis) is 1. The zero-order chi connectivity index (χ0) is 41.9. The molecule has 4 heterocycles. The highest BCUT2D eigenvalue weighted by Crippen LogP contribution is 2.37. The van der Waals surface area contributed by atoms with Crippen LogP contribution in [0, 0.1) is 6.92 Å². The zero-order valence-electron chi connectivity index (χ0n) is 34.3. The van der Waals surface area contributed by atoms with E-state index in [1.807, 2.05) is 97.5 Å². The fraction of sp³-hybridized carbons (Fsp3) is 0.319. The van der Waals surface area contributed by atoms with Gasteiger partial charge in [0.05, 0.1) is 25.0 Å². The molecule has 8 rings (SSSR count). The number of ether oxygens (including phenoxy) is 1. The molecule has 13 nitrogen and oxygen atoms in total. The molecule has 0 radical (unpaired) electrons. The molecule has 5 aromatic rings. The summed E-state index contributed by atoms with van der Waals surface area (Å²) in [7, 11) is 5.13. The van der Waals surface area contributed by atoms with E-state index in [0.717, 1.165) is 52.1 Å². The van der Waals surface area contributed by atoms with E-state index in [4.69, 9.17) is 14.1 Å². The van der Waals surface area contributed by atoms with Gasteiger partial charge < -0.3 is 29.6 Å². The summed E-state index contributed by atoms with van der Waals surface area (Å²) >= 11 is 0. The number of nitrogens with one attached hydrogen (secondary N) is 2. The number of aryl methyl sites for hydroxylation is 1. The van der Waals surface area contributed by atoms with Crippen LogP contribution in [0.15, 0.2) is 113 Å². The van der Waals surface area contributed by atoms with Crippen molar-refractivity contribution in [2.24, 2.45) is 4.99 Å². The van der Waals surface area contributed by atoms with Crippen LogP contribution < -0.4 is 10.6 Å². The summed E-state index contributed by atoms with van der Waals surface area (Å²) in [5, 5.41) is 5.69. The molecule has 60 heavy (non-hydrogen) atoms. The number of carbonyl (C=O) groups excluding carboxylic acids is 4. The number of likely N-dealkylation sites (N-methyl/N-ethyl adjacent to an activating group) is 1. The van der Waals surface area contributed by atoms with Gasteiger partial charge in [-0.05, 0) is 87.2 Å². The molecule has 3 aliphatic heterocycles. The van der Waals surface area contributed by atoms with Crippen molar-refractivity contribution >= 4 is 40.9 Å². The highest BCUT2D eigenvalue weighted by atomic mass is 16.5. The van der Waals surface area contributed by atoms with Crippen molar-refractivity contribution in [1.29, 1.82) is 0 Å². The number of hydrogen-bond donors (Lipinski definition) is 2. The lowest BCUT2D eigenvalue weighted by Gasteiger charge is -2.32. The number of oxazole rings is 1. The minimum absolute atomic E-state index is 0.0592. The SMILES string of the molecule is COC(=O)N[C@@H](C(=O)N1CCC[C@H]1C(=O)Nc1cc(-c2cnc(-c3ccc4c(c3)N=C([C@@H]3CCCN3C(=O)[C@@H](c3ccccc3)N(C)C)C4)o2)ccc1C)c1ccccc1. The largest absolute Gasteiger partial charge is 0.453 e. The van der Waals surface area contributed by atoms with E-state index >= 15 is 0 Å². The third-order valence-corrected chi connectivity index (χ3v) is 11.7. The lowest BCUT2D eigenvalue weighted by Crippen LogP contribution is -2.48. The van der Waals surface area contributed by atoms with Crippen LogP contribution in [-0.2, 0) is 25.5 Å². The predicted molar refractivity (Wildman–Crippen MR) is 229 cm³/mol. The molecule has 4 atom stereocenters. The average molecular weight is 808 g/mol. The minimum atomic E-state index is -1.01. The molecule has 0 unspecified atom stereocenters. The number of aliphatic imine (C=N–C) groups is 1. The van der Waals surface area contributed by atoms with E-state index in [0.29, 0.717) is 55.3 Å². The van der Waals surface area contributed by atoms with E-state index in [9.17, 15) is 19.2 Å². The Morgan fingerprint density at radius 2 is 1.53 bits per heavy atom. The smallest absolute Gasteiger partial charge is 0.407 e. The summed E-state index contributed by atoms with van der Waals surface area (Å²) in [6.07, 6.45) is 4.54. The zero-order valence-corrected chi connectivity index (χ0v) is 34.3. The standard InChI is InChI=1S/C47H49N7O6/c1-29-19-20-33(26-35(29)50-43(55)39-18-12-24-54(39)45(56)41(51-47(58)59-4)30-13-7-5-8-14-30)40-28-48-44(60-40)34-22-21-32-25-37(49-36(32)27-34)38-17-11-23-53(38)46(57)42(52(2)3)31-15-9-6-10-16-31/h5-10,13-16,19-22,26-28,38-39,41-42H,11-12,17-18,23-25H2,1-4H3,(H,50,55)(H,51,58)/t38-,39-,41+,42+/m0/s1. The van der Waals surface area contributed by atoms with Crippen molar-refractivity contribution in [3.05, 3.63) is 126 Å². The van der Waals surface area contributed by atoms with Gasteiger partial charge in [0.1, 0.15) is 18.1 Å². The predicted octanol–water partition coefficient (Wildman–Crippen LogP) is 7.27. The summed E-state index contributed by atoms with van der Waals surface area (Å²) < 4.78 is 11.1. The van der Waals surface area contributed by atoms with Crippen molar-refractivity contribution < 1.29 is 28.3 Å². The Balaban J connectivity index is 0.963. The van der Waals surface area contributed by atoms with Crippen LogP contribution in [0.2, 0.25) is 0 Å². The molecule has 2 fully saturated rings. The number of rotatable bonds is 11. The van der Waals surface area contributed by atoms with Gasteiger partial charge in [-0.2, -0.15) is 0 Å². The lowest BCUT2D eigenvalue weighted by atomic mass is 10.0. The van der Waals surface area contributed by atoms with Gasteiger partial charge in [-0.3, -0.25) is 24.3 Å². The molecule has 2 N–H and O–H groups in total. The van der Waals surface area contributed by atoms with Crippen molar-refractivity contribution in [2.45, 2.75) is 63.2 Å². The van der Waals surface area contributed by atoms with E-state index in [1.54, 1.807) is 30.5 Å². The molecule has 2 saturated heterocycles. The molecule has 4 amide bonds. The van der Waals surface area contributed by atoms with Crippen LogP contribution in [0.25, 0.3) is 22.8 Å². The van der Waals surface area contributed by atoms with Crippen molar-refractivity contribution in [3.63, 3.8) is 0 Å². The number of likely N-dealkylation sites (tertiary alicyclic amines) is 2. The van der Waals surface area contributed by atoms with Crippen LogP contribution in [0.5, 0.6) is 0 Å². The molecule has 308 valence electrons. The summed E-state index contributed by atoms with van der Waals surface area (Å²) in [6.45, 7) is 2.98. The molecule has 0 bridgehead atoms. The maximum atomic E-state index is 14.0. The van der Waals surface area contributed by atoms with Gasteiger partial charge in [0.25, 0.3) is 5.91 Å². The number of fused-ring (bicyclic) bond motifs is 1. The Morgan fingerprint density at radius 3 is 2.27 bits per heavy atom. The third kappa shape index (κ3) is 8.17. The molecule has 0 spiro atoms. The number of methoxy groups -OCH3 is 1. The molecule has 1 aromatic heterocycles. The average Bonchev–Trinajstić information content (AvgIpc) is 4.10. The van der Waals surface area contributed by atoms with Crippen molar-refractivity contribution in [3.8, 4) is 22.8 Å². The quantitative estimate of drug-likeness (QED) is 0.142. The second-order valence-corrected chi connectivity index (χ2v) is 15.8. The van der Waals surface area contributed by atoms with Gasteiger partial charge in [0.2, 0.25) is 17.7 Å². The van der Waals surface area contributed by atoms with E-state index in [2.05, 4.69) is 21.7 Å². The normalized spacial score (nSPS) is 18.2. The summed E-state index contributed by atoms with van der Waals surface area (Å²) in [5.41, 5.74) is 7.44. The van der Waals surface area contributed by atoms with Crippen LogP contribution in [0.1, 0.15) is 60.0 Å². The summed E-state index contributed by atoms with van der Waals surface area (Å²) in [4.78, 5) is 69.2. The number of amides is 4. The topological polar surface area (TPSA) is 150 Å². The Kier molecular flexibility index (Phi) is 11.6. The fourth-order valence-corrected chi connectivity index (χ4v) is 8.61. The lowest BCUT2D eigenvalue weighted by molar-refractivity contribution is -0.138. The molecular weight excluding hydrogens is 759 g/mol. The van der Waals surface area contributed by atoms with E-state index < -0.39 is 18.2 Å². The van der Waals surface area contributed by atoms with Gasteiger partial charge in [-0.15, -0.1) is 0 Å². The Morgan fingerprint density at radius 1 is 0.833 bits per heavy atom. The van der Waals surface area contributed by atoms with E-state index in [-0.39, 0.29) is 29.8 Å². The summed E-state index contributed by atoms with van der Waals surface area (Å²) in [5.74, 6) is 0.352. The monoisotopic (exact) mass is 807 g/mol. The second kappa shape index (κ2) is 17.3. The molecule has 3 aliphatic rings. The molecule has 0 aliphatic carbocycles. The Labute approximate surface area is 349 Å². The maximum absolute atomic E-state index is 14.0. The maximum Gasteiger partial charge on any atom is 0.407 e. The van der Waals surface area contributed by atoms with Gasteiger partial charge >= 0.3 is 6.09 Å².